The van der Waals surface area contributed by atoms with Crippen LogP contribution in [0.2, 0.25) is 0 Å². The molecular weight excluding hydrogens is 196 g/mol. The van der Waals surface area contributed by atoms with Crippen LogP contribution < -0.4 is 5.73 Å². The fourth-order valence-corrected chi connectivity index (χ4v) is 3.23. The molecule has 1 fully saturated rings. The Morgan fingerprint density at radius 1 is 1.71 bits per heavy atom. The van der Waals surface area contributed by atoms with E-state index in [4.69, 9.17) is 10.5 Å². The number of rotatable bonds is 2. The minimum Gasteiger partial charge on any atom is -0.496 e. The number of nitrogens with zero attached hydrogens (tertiary/aromatic N) is 1. The third-order valence-electron chi connectivity index (χ3n) is 2.92. The molecule has 0 aromatic heterocycles. The van der Waals surface area contributed by atoms with E-state index in [2.05, 4.69) is 18.0 Å². The van der Waals surface area contributed by atoms with E-state index < -0.39 is 0 Å². The fourth-order valence-electron chi connectivity index (χ4n) is 1.94. The number of ether oxygens (including phenoxy) is 1. The first-order valence-corrected chi connectivity index (χ1v) is 6.31. The van der Waals surface area contributed by atoms with Gasteiger partial charge in [0, 0.05) is 30.5 Å². The van der Waals surface area contributed by atoms with Crippen molar-refractivity contribution in [3.8, 4) is 0 Å². The Labute approximate surface area is 89.7 Å². The summed E-state index contributed by atoms with van der Waals surface area (Å²) in [7, 11) is 2.15. The smallest absolute Gasteiger partial charge is 0.110 e. The van der Waals surface area contributed by atoms with Crippen molar-refractivity contribution >= 4 is 11.8 Å². The molecule has 0 spiro atoms. The van der Waals surface area contributed by atoms with Crippen molar-refractivity contribution in [3.63, 3.8) is 0 Å². The van der Waals surface area contributed by atoms with Crippen LogP contribution in [-0.2, 0) is 4.74 Å². The maximum absolute atomic E-state index is 6.20. The molecule has 3 nitrogen and oxygen atoms in total. The molecule has 2 N–H and O–H groups in total. The summed E-state index contributed by atoms with van der Waals surface area (Å²) in [6, 6.07) is 0.508. The number of likely N-dealkylation sites (N-methyl/N-ethyl adjacent to an activating group) is 1. The second-order valence-electron chi connectivity index (χ2n) is 3.89. The topological polar surface area (TPSA) is 38.5 Å². The van der Waals surface area contributed by atoms with Gasteiger partial charge in [-0.2, -0.15) is 11.8 Å². The zero-order valence-corrected chi connectivity index (χ0v) is 9.43. The monoisotopic (exact) mass is 214 g/mol. The Morgan fingerprint density at radius 2 is 2.57 bits per heavy atom. The molecule has 0 aromatic carbocycles. The van der Waals surface area contributed by atoms with Gasteiger partial charge in [0.25, 0.3) is 0 Å². The summed E-state index contributed by atoms with van der Waals surface area (Å²) < 4.78 is 5.52. The highest BCUT2D eigenvalue weighted by Gasteiger charge is 2.29. The van der Waals surface area contributed by atoms with Gasteiger partial charge in [0.1, 0.15) is 5.76 Å². The summed E-state index contributed by atoms with van der Waals surface area (Å²) in [5.41, 5.74) is 6.20. The molecule has 2 heterocycles. The predicted molar refractivity (Wildman–Crippen MR) is 60.4 cm³/mol. The van der Waals surface area contributed by atoms with Crippen molar-refractivity contribution in [1.29, 1.82) is 0 Å². The highest BCUT2D eigenvalue weighted by Crippen LogP contribution is 2.22. The molecule has 0 aromatic rings. The van der Waals surface area contributed by atoms with Crippen LogP contribution in [0.25, 0.3) is 0 Å². The Kier molecular flexibility index (Phi) is 3.36. The van der Waals surface area contributed by atoms with Gasteiger partial charge in [0.05, 0.1) is 12.6 Å². The number of hydrogen-bond donors (Lipinski definition) is 1. The molecule has 4 heteroatoms. The minimum atomic E-state index is 0.0651. The standard InChI is InChI=1S/C10H18N2OS/c1-12-4-6-14-7-8(12)10(11)9-3-2-5-13-9/h3,8,10H,2,4-7,11H2,1H3. The summed E-state index contributed by atoms with van der Waals surface area (Å²) in [4.78, 5) is 2.35. The molecule has 0 saturated carbocycles. The second-order valence-corrected chi connectivity index (χ2v) is 5.04. The van der Waals surface area contributed by atoms with Crippen molar-refractivity contribution in [1.82, 2.24) is 4.90 Å². The van der Waals surface area contributed by atoms with Gasteiger partial charge in [-0.15, -0.1) is 0 Å². The summed E-state index contributed by atoms with van der Waals surface area (Å²) in [6.45, 7) is 1.95. The van der Waals surface area contributed by atoms with E-state index in [9.17, 15) is 0 Å². The molecular formula is C10H18N2OS. The molecule has 80 valence electrons. The Balaban J connectivity index is 1.98. The molecule has 2 unspecified atom stereocenters. The second kappa shape index (κ2) is 4.55. The zero-order valence-electron chi connectivity index (χ0n) is 8.61. The van der Waals surface area contributed by atoms with Gasteiger partial charge < -0.3 is 10.5 Å². The van der Waals surface area contributed by atoms with Crippen LogP contribution in [-0.4, -0.2) is 48.7 Å². The molecule has 0 radical (unpaired) electrons. The summed E-state index contributed by atoms with van der Waals surface area (Å²) in [5, 5.41) is 0. The first kappa shape index (κ1) is 10.3. The van der Waals surface area contributed by atoms with Crippen LogP contribution in [0.4, 0.5) is 0 Å². The van der Waals surface area contributed by atoms with E-state index in [0.29, 0.717) is 6.04 Å². The number of thioether (sulfide) groups is 1. The van der Waals surface area contributed by atoms with Gasteiger partial charge in [0.15, 0.2) is 0 Å². The number of nitrogens with two attached hydrogens (primary N) is 1. The van der Waals surface area contributed by atoms with Crippen LogP contribution >= 0.6 is 11.8 Å². The summed E-state index contributed by atoms with van der Waals surface area (Å²) >= 11 is 1.99. The van der Waals surface area contributed by atoms with E-state index in [1.54, 1.807) is 0 Å². The minimum absolute atomic E-state index is 0.0651. The molecule has 0 amide bonds. The Hall–Kier alpha value is -0.190. The molecule has 0 aliphatic carbocycles. The maximum atomic E-state index is 6.20. The van der Waals surface area contributed by atoms with Crippen LogP contribution in [0.3, 0.4) is 0 Å². The molecule has 14 heavy (non-hydrogen) atoms. The quantitative estimate of drug-likeness (QED) is 0.733. The zero-order chi connectivity index (χ0) is 9.97. The van der Waals surface area contributed by atoms with E-state index in [1.165, 1.54) is 5.75 Å². The highest BCUT2D eigenvalue weighted by molar-refractivity contribution is 7.99. The van der Waals surface area contributed by atoms with Crippen LogP contribution in [0.1, 0.15) is 6.42 Å². The number of hydrogen-bond acceptors (Lipinski definition) is 4. The van der Waals surface area contributed by atoms with Crippen molar-refractivity contribution in [2.45, 2.75) is 18.5 Å². The average molecular weight is 214 g/mol. The normalized spacial score (nSPS) is 31.0. The van der Waals surface area contributed by atoms with Gasteiger partial charge in [0.2, 0.25) is 0 Å². The van der Waals surface area contributed by atoms with Crippen molar-refractivity contribution < 1.29 is 4.74 Å². The lowest BCUT2D eigenvalue weighted by Crippen LogP contribution is -2.51. The summed E-state index contributed by atoms with van der Waals surface area (Å²) in [6.07, 6.45) is 3.16. The lowest BCUT2D eigenvalue weighted by Gasteiger charge is -2.36. The molecule has 2 aliphatic rings. The summed E-state index contributed by atoms with van der Waals surface area (Å²) in [5.74, 6) is 3.35. The van der Waals surface area contributed by atoms with E-state index in [1.807, 2.05) is 11.8 Å². The van der Waals surface area contributed by atoms with Crippen LogP contribution in [0, 0.1) is 0 Å². The lowest BCUT2D eigenvalue weighted by molar-refractivity contribution is 0.177. The predicted octanol–water partition coefficient (Wildman–Crippen LogP) is 0.665. The molecule has 2 aliphatic heterocycles. The Bertz CT molecular complexity index is 232. The van der Waals surface area contributed by atoms with Crippen LogP contribution in [0.15, 0.2) is 11.8 Å². The molecule has 2 atom stereocenters. The molecule has 2 rings (SSSR count). The van der Waals surface area contributed by atoms with Crippen LogP contribution in [0.5, 0.6) is 0 Å². The third kappa shape index (κ3) is 2.07. The van der Waals surface area contributed by atoms with E-state index in [-0.39, 0.29) is 6.04 Å². The third-order valence-corrected chi connectivity index (χ3v) is 3.97. The first-order valence-electron chi connectivity index (χ1n) is 5.15. The largest absolute Gasteiger partial charge is 0.496 e. The fraction of sp³-hybridized carbons (Fsp3) is 0.800. The van der Waals surface area contributed by atoms with Crippen molar-refractivity contribution in [3.05, 3.63) is 11.8 Å². The van der Waals surface area contributed by atoms with Gasteiger partial charge in [-0.1, -0.05) is 0 Å². The van der Waals surface area contributed by atoms with E-state index >= 15 is 0 Å². The van der Waals surface area contributed by atoms with Gasteiger partial charge in [-0.05, 0) is 13.1 Å². The van der Waals surface area contributed by atoms with Gasteiger partial charge >= 0.3 is 0 Å². The lowest BCUT2D eigenvalue weighted by atomic mass is 10.1. The van der Waals surface area contributed by atoms with Gasteiger partial charge in [-0.3, -0.25) is 4.90 Å². The maximum Gasteiger partial charge on any atom is 0.110 e. The first-order chi connectivity index (χ1) is 6.79. The molecule has 0 bridgehead atoms. The highest BCUT2D eigenvalue weighted by atomic mass is 32.2. The SMILES string of the molecule is CN1CCSCC1C(N)C1=CCCO1. The average Bonchev–Trinajstić information content (AvgIpc) is 2.70. The van der Waals surface area contributed by atoms with E-state index in [0.717, 1.165) is 31.1 Å². The van der Waals surface area contributed by atoms with Crippen molar-refractivity contribution in [2.24, 2.45) is 5.73 Å². The molecule has 1 saturated heterocycles. The van der Waals surface area contributed by atoms with Gasteiger partial charge in [-0.25, -0.2) is 0 Å². The Morgan fingerprint density at radius 3 is 3.21 bits per heavy atom. The van der Waals surface area contributed by atoms with Crippen molar-refractivity contribution in [2.75, 3.05) is 31.7 Å².